The van der Waals surface area contributed by atoms with Crippen LogP contribution in [0.5, 0.6) is 5.75 Å². The van der Waals surface area contributed by atoms with Crippen molar-refractivity contribution in [2.75, 3.05) is 0 Å². The molecule has 0 aliphatic carbocycles. The molecule has 4 nitrogen and oxygen atoms in total. The summed E-state index contributed by atoms with van der Waals surface area (Å²) < 4.78 is 24.4. The average molecular weight is 189 g/mol. The molecule has 70 valence electrons. The minimum Gasteiger partial charge on any atom is -0.506 e. The van der Waals surface area contributed by atoms with Crippen LogP contribution >= 0.6 is 0 Å². The van der Waals surface area contributed by atoms with Crippen molar-refractivity contribution in [1.29, 1.82) is 0 Å². The second kappa shape index (κ2) is 3.34. The smallest absolute Gasteiger partial charge is 0.268 e. The second-order valence-corrected chi connectivity index (χ2v) is 2.25. The van der Waals surface area contributed by atoms with Crippen LogP contribution in [0.2, 0.25) is 0 Å². The first-order valence-corrected chi connectivity index (χ1v) is 3.25. The molecule has 0 aliphatic rings. The highest BCUT2D eigenvalue weighted by Gasteiger charge is 2.20. The summed E-state index contributed by atoms with van der Waals surface area (Å²) in [6.45, 7) is 0. The van der Waals surface area contributed by atoms with Crippen molar-refractivity contribution in [2.45, 2.75) is 6.43 Å². The van der Waals surface area contributed by atoms with E-state index in [-0.39, 0.29) is 6.29 Å². The Hall–Kier alpha value is -1.72. The van der Waals surface area contributed by atoms with Gasteiger partial charge >= 0.3 is 0 Å². The number of H-pyrrole nitrogens is 1. The standard InChI is InChI=1S/C7H5F2NO3/c8-6(9)5-3(2-11)7(13)10-1-4(5)12/h1-2,6,12H,(H,10,13). The molecule has 13 heavy (non-hydrogen) atoms. The third-order valence-corrected chi connectivity index (χ3v) is 1.49. The molecule has 0 radical (unpaired) electrons. The van der Waals surface area contributed by atoms with Gasteiger partial charge in [-0.2, -0.15) is 0 Å². The first-order valence-electron chi connectivity index (χ1n) is 3.25. The Labute approximate surface area is 70.8 Å². The van der Waals surface area contributed by atoms with Crippen molar-refractivity contribution in [3.05, 3.63) is 27.7 Å². The second-order valence-electron chi connectivity index (χ2n) is 2.25. The fraction of sp³-hybridized carbons (Fsp3) is 0.143. The van der Waals surface area contributed by atoms with Gasteiger partial charge in [0.25, 0.3) is 12.0 Å². The predicted octanol–water partition coefficient (Wildman–Crippen LogP) is 0.831. The molecular formula is C7H5F2NO3. The lowest BCUT2D eigenvalue weighted by molar-refractivity contribution is 0.110. The Morgan fingerprint density at radius 1 is 1.54 bits per heavy atom. The SMILES string of the molecule is O=Cc1c(C(F)F)c(O)c[nH]c1=O. The number of alkyl halides is 2. The Morgan fingerprint density at radius 3 is 2.54 bits per heavy atom. The molecule has 1 aromatic heterocycles. The van der Waals surface area contributed by atoms with Gasteiger partial charge in [-0.15, -0.1) is 0 Å². The van der Waals surface area contributed by atoms with Crippen LogP contribution in [-0.4, -0.2) is 16.4 Å². The van der Waals surface area contributed by atoms with Crippen LogP contribution < -0.4 is 5.56 Å². The minimum absolute atomic E-state index is 0.0138. The van der Waals surface area contributed by atoms with E-state index in [0.29, 0.717) is 0 Å². The van der Waals surface area contributed by atoms with Crippen molar-refractivity contribution in [2.24, 2.45) is 0 Å². The lowest BCUT2D eigenvalue weighted by atomic mass is 10.1. The van der Waals surface area contributed by atoms with Crippen molar-refractivity contribution in [3.63, 3.8) is 0 Å². The molecule has 0 aromatic carbocycles. The van der Waals surface area contributed by atoms with Crippen molar-refractivity contribution in [1.82, 2.24) is 4.98 Å². The zero-order valence-electron chi connectivity index (χ0n) is 6.25. The largest absolute Gasteiger partial charge is 0.506 e. The van der Waals surface area contributed by atoms with E-state index in [4.69, 9.17) is 5.11 Å². The third-order valence-electron chi connectivity index (χ3n) is 1.49. The number of halogens is 2. The summed E-state index contributed by atoms with van der Waals surface area (Å²) in [5.41, 5.74) is -2.61. The van der Waals surface area contributed by atoms with Crippen molar-refractivity contribution >= 4 is 6.29 Å². The van der Waals surface area contributed by atoms with Gasteiger partial charge in [-0.25, -0.2) is 8.78 Å². The van der Waals surface area contributed by atoms with E-state index < -0.39 is 28.9 Å². The van der Waals surface area contributed by atoms with E-state index in [1.54, 1.807) is 0 Å². The number of pyridine rings is 1. The molecule has 0 amide bonds. The van der Waals surface area contributed by atoms with E-state index in [1.807, 2.05) is 4.98 Å². The molecule has 6 heteroatoms. The molecule has 0 saturated heterocycles. The number of hydrogen-bond donors (Lipinski definition) is 2. The first-order chi connectivity index (χ1) is 6.07. The Balaban J connectivity index is 3.53. The minimum atomic E-state index is -3.05. The molecule has 0 aliphatic heterocycles. The number of aldehydes is 1. The number of aromatic nitrogens is 1. The fourth-order valence-electron chi connectivity index (χ4n) is 0.896. The highest BCUT2D eigenvalue weighted by atomic mass is 19.3. The molecule has 1 heterocycles. The maximum atomic E-state index is 12.2. The van der Waals surface area contributed by atoms with Crippen molar-refractivity contribution < 1.29 is 18.7 Å². The summed E-state index contributed by atoms with van der Waals surface area (Å²) in [5.74, 6) is -0.795. The van der Waals surface area contributed by atoms with Crippen LogP contribution in [-0.2, 0) is 0 Å². The summed E-state index contributed by atoms with van der Waals surface area (Å²) in [5, 5.41) is 8.91. The molecule has 0 spiro atoms. The number of aromatic amines is 1. The van der Waals surface area contributed by atoms with Crippen LogP contribution in [0.1, 0.15) is 22.3 Å². The zero-order valence-corrected chi connectivity index (χ0v) is 6.25. The van der Waals surface area contributed by atoms with Gasteiger partial charge in [-0.05, 0) is 0 Å². The quantitative estimate of drug-likeness (QED) is 0.677. The zero-order chi connectivity index (χ0) is 10.0. The van der Waals surface area contributed by atoms with E-state index in [9.17, 15) is 18.4 Å². The monoisotopic (exact) mass is 189 g/mol. The number of hydrogen-bond acceptors (Lipinski definition) is 3. The maximum absolute atomic E-state index is 12.2. The summed E-state index contributed by atoms with van der Waals surface area (Å²) in [7, 11) is 0. The van der Waals surface area contributed by atoms with Gasteiger partial charge in [0.2, 0.25) is 0 Å². The van der Waals surface area contributed by atoms with Gasteiger partial charge in [0.05, 0.1) is 11.1 Å². The summed E-state index contributed by atoms with van der Waals surface area (Å²) in [4.78, 5) is 23.0. The molecule has 0 atom stereocenters. The van der Waals surface area contributed by atoms with Crippen LogP contribution in [0.25, 0.3) is 0 Å². The van der Waals surface area contributed by atoms with Gasteiger partial charge in [0.15, 0.2) is 6.29 Å². The number of carbonyl (C=O) groups excluding carboxylic acids is 1. The van der Waals surface area contributed by atoms with Crippen molar-refractivity contribution in [3.8, 4) is 5.75 Å². The lowest BCUT2D eigenvalue weighted by Gasteiger charge is -2.03. The molecule has 1 rings (SSSR count). The first kappa shape index (κ1) is 9.37. The van der Waals surface area contributed by atoms with E-state index in [0.717, 1.165) is 6.20 Å². The Morgan fingerprint density at radius 2 is 2.15 bits per heavy atom. The summed E-state index contributed by atoms with van der Waals surface area (Å²) >= 11 is 0. The molecular weight excluding hydrogens is 184 g/mol. The normalized spacial score (nSPS) is 10.4. The van der Waals surface area contributed by atoms with Crippen LogP contribution in [0.4, 0.5) is 8.78 Å². The molecule has 0 unspecified atom stereocenters. The topological polar surface area (TPSA) is 70.2 Å². The summed E-state index contributed by atoms with van der Waals surface area (Å²) in [6.07, 6.45) is -2.35. The number of aromatic hydroxyl groups is 1. The number of nitrogens with one attached hydrogen (secondary N) is 1. The molecule has 0 saturated carbocycles. The fourth-order valence-corrected chi connectivity index (χ4v) is 0.896. The van der Waals surface area contributed by atoms with Gasteiger partial charge < -0.3 is 10.1 Å². The molecule has 2 N–H and O–H groups in total. The highest BCUT2D eigenvalue weighted by molar-refractivity contribution is 5.77. The van der Waals surface area contributed by atoms with E-state index in [2.05, 4.69) is 0 Å². The van der Waals surface area contributed by atoms with Gasteiger partial charge in [-0.1, -0.05) is 0 Å². The Kier molecular flexibility index (Phi) is 2.41. The lowest BCUT2D eigenvalue weighted by Crippen LogP contribution is -2.14. The molecule has 1 aromatic rings. The van der Waals surface area contributed by atoms with Crippen LogP contribution in [0.3, 0.4) is 0 Å². The molecule has 0 bridgehead atoms. The molecule has 0 fully saturated rings. The number of rotatable bonds is 2. The third kappa shape index (κ3) is 1.56. The van der Waals surface area contributed by atoms with Gasteiger partial charge in [-0.3, -0.25) is 9.59 Å². The summed E-state index contributed by atoms with van der Waals surface area (Å²) in [6, 6.07) is 0. The maximum Gasteiger partial charge on any atom is 0.268 e. The van der Waals surface area contributed by atoms with E-state index >= 15 is 0 Å². The average Bonchev–Trinajstić information content (AvgIpc) is 2.07. The highest BCUT2D eigenvalue weighted by Crippen LogP contribution is 2.27. The van der Waals surface area contributed by atoms with Gasteiger partial charge in [0.1, 0.15) is 5.75 Å². The van der Waals surface area contributed by atoms with Crippen LogP contribution in [0.15, 0.2) is 11.0 Å². The number of carbonyl (C=O) groups is 1. The predicted molar refractivity (Wildman–Crippen MR) is 39.1 cm³/mol. The van der Waals surface area contributed by atoms with Gasteiger partial charge in [0, 0.05) is 6.20 Å². The van der Waals surface area contributed by atoms with Crippen LogP contribution in [0, 0.1) is 0 Å². The van der Waals surface area contributed by atoms with E-state index in [1.165, 1.54) is 0 Å². The Bertz CT molecular complexity index is 386.